The van der Waals surface area contributed by atoms with Crippen LogP contribution in [0.1, 0.15) is 15.9 Å². The minimum Gasteiger partial charge on any atom is -0.457 e. The van der Waals surface area contributed by atoms with Gasteiger partial charge >= 0.3 is 5.97 Å². The highest BCUT2D eigenvalue weighted by Gasteiger charge is 2.18. The zero-order valence-electron chi connectivity index (χ0n) is 10.4. The Morgan fingerprint density at radius 3 is 2.85 bits per heavy atom. The Morgan fingerprint density at radius 1 is 1.20 bits per heavy atom. The molecule has 0 unspecified atom stereocenters. The first kappa shape index (κ1) is 12.1. The van der Waals surface area contributed by atoms with Gasteiger partial charge in [0.15, 0.2) is 11.5 Å². The summed E-state index contributed by atoms with van der Waals surface area (Å²) in [5, 5.41) is 0. The second-order valence-electron chi connectivity index (χ2n) is 4.09. The molecule has 7 nitrogen and oxygen atoms in total. The number of esters is 1. The van der Waals surface area contributed by atoms with Crippen molar-refractivity contribution in [3.63, 3.8) is 0 Å². The lowest BCUT2D eigenvalue weighted by Gasteiger charge is -1.89. The molecule has 0 radical (unpaired) electrons. The molecule has 0 amide bonds. The van der Waals surface area contributed by atoms with Gasteiger partial charge in [0, 0.05) is 5.56 Å². The zero-order chi connectivity index (χ0) is 13.9. The van der Waals surface area contributed by atoms with Crippen LogP contribution in [-0.4, -0.2) is 25.9 Å². The van der Waals surface area contributed by atoms with E-state index in [1.807, 2.05) is 18.2 Å². The van der Waals surface area contributed by atoms with E-state index in [-0.39, 0.29) is 5.97 Å². The van der Waals surface area contributed by atoms with Gasteiger partial charge in [-0.1, -0.05) is 18.2 Å². The van der Waals surface area contributed by atoms with Crippen LogP contribution in [-0.2, 0) is 11.3 Å². The Morgan fingerprint density at radius 2 is 2.05 bits per heavy atom. The second-order valence-corrected chi connectivity index (χ2v) is 4.09. The van der Waals surface area contributed by atoms with Crippen LogP contribution >= 0.6 is 0 Å². The maximum atomic E-state index is 10.8. The Balaban J connectivity index is 0.000000121. The van der Waals surface area contributed by atoms with Gasteiger partial charge in [0.2, 0.25) is 0 Å². The minimum atomic E-state index is -0.199. The number of aromatic nitrogens is 4. The molecule has 0 fully saturated rings. The third-order valence-electron chi connectivity index (χ3n) is 2.85. The minimum absolute atomic E-state index is 0.199. The largest absolute Gasteiger partial charge is 0.457 e. The predicted molar refractivity (Wildman–Crippen MR) is 71.7 cm³/mol. The Kier molecular flexibility index (Phi) is 3.00. The fraction of sp³-hybridized carbons (Fsp3) is 0.0769. The fourth-order valence-electron chi connectivity index (χ4n) is 1.85. The van der Waals surface area contributed by atoms with Gasteiger partial charge < -0.3 is 15.5 Å². The van der Waals surface area contributed by atoms with E-state index in [9.17, 15) is 4.79 Å². The number of cyclic esters (lactones) is 1. The van der Waals surface area contributed by atoms with E-state index in [1.54, 1.807) is 6.07 Å². The number of imidazole rings is 1. The SMILES string of the molecule is Nc1ncnc2nc[nH]c12.O=C1OCc2ccccc21. The maximum Gasteiger partial charge on any atom is 0.338 e. The van der Waals surface area contributed by atoms with Crippen molar-refractivity contribution < 1.29 is 9.53 Å². The van der Waals surface area contributed by atoms with Gasteiger partial charge in [-0.2, -0.15) is 0 Å². The first-order valence-corrected chi connectivity index (χ1v) is 5.90. The summed E-state index contributed by atoms with van der Waals surface area (Å²) in [6.45, 7) is 0.439. The van der Waals surface area contributed by atoms with Gasteiger partial charge in [-0.05, 0) is 6.07 Å². The van der Waals surface area contributed by atoms with E-state index < -0.39 is 0 Å². The van der Waals surface area contributed by atoms with Crippen molar-refractivity contribution in [3.05, 3.63) is 48.0 Å². The molecule has 0 atom stereocenters. The van der Waals surface area contributed by atoms with E-state index >= 15 is 0 Å². The highest BCUT2D eigenvalue weighted by atomic mass is 16.5. The molecule has 3 N–H and O–H groups in total. The zero-order valence-corrected chi connectivity index (χ0v) is 10.4. The average molecular weight is 269 g/mol. The lowest BCUT2D eigenvalue weighted by molar-refractivity contribution is 0.0535. The van der Waals surface area contributed by atoms with Gasteiger partial charge in [0.05, 0.1) is 11.9 Å². The molecule has 0 saturated heterocycles. The highest BCUT2D eigenvalue weighted by molar-refractivity contribution is 5.93. The van der Waals surface area contributed by atoms with Crippen molar-refractivity contribution >= 4 is 23.0 Å². The number of nitrogen functional groups attached to an aromatic ring is 1. The Hall–Kier alpha value is -2.96. The Labute approximate surface area is 113 Å². The number of anilines is 1. The number of carbonyl (C=O) groups is 1. The number of nitrogens with one attached hydrogen (secondary N) is 1. The normalized spacial score (nSPS) is 12.5. The fourth-order valence-corrected chi connectivity index (χ4v) is 1.85. The van der Waals surface area contributed by atoms with E-state index in [0.717, 1.165) is 5.56 Å². The van der Waals surface area contributed by atoms with Crippen molar-refractivity contribution in [2.24, 2.45) is 0 Å². The summed E-state index contributed by atoms with van der Waals surface area (Å²) in [6.07, 6.45) is 2.92. The first-order chi connectivity index (χ1) is 9.75. The molecule has 0 bridgehead atoms. The summed E-state index contributed by atoms with van der Waals surface area (Å²) in [5.41, 5.74) is 8.48. The molecule has 1 aromatic carbocycles. The molecule has 4 rings (SSSR count). The third-order valence-corrected chi connectivity index (χ3v) is 2.85. The van der Waals surface area contributed by atoms with Crippen LogP contribution in [0.15, 0.2) is 36.9 Å². The lowest BCUT2D eigenvalue weighted by atomic mass is 10.1. The number of aromatic amines is 1. The number of nitrogens with zero attached hydrogens (tertiary/aromatic N) is 3. The molecule has 0 spiro atoms. The van der Waals surface area contributed by atoms with Gasteiger partial charge in [-0.3, -0.25) is 0 Å². The van der Waals surface area contributed by atoms with Crippen molar-refractivity contribution in [2.45, 2.75) is 6.61 Å². The molecular weight excluding hydrogens is 258 g/mol. The van der Waals surface area contributed by atoms with Crippen LogP contribution in [0.2, 0.25) is 0 Å². The second kappa shape index (κ2) is 4.96. The van der Waals surface area contributed by atoms with Crippen molar-refractivity contribution in [3.8, 4) is 0 Å². The van der Waals surface area contributed by atoms with Crippen LogP contribution in [0.25, 0.3) is 11.2 Å². The first-order valence-electron chi connectivity index (χ1n) is 5.90. The summed E-state index contributed by atoms with van der Waals surface area (Å²) in [5.74, 6) is 0.234. The number of ether oxygens (including phenoxy) is 1. The van der Waals surface area contributed by atoms with E-state index in [2.05, 4.69) is 19.9 Å². The monoisotopic (exact) mass is 269 g/mol. The van der Waals surface area contributed by atoms with Gasteiger partial charge in [0.1, 0.15) is 18.5 Å². The highest BCUT2D eigenvalue weighted by Crippen LogP contribution is 2.18. The van der Waals surface area contributed by atoms with Crippen LogP contribution in [0.5, 0.6) is 0 Å². The summed E-state index contributed by atoms with van der Waals surface area (Å²) in [4.78, 5) is 25.2. The Bertz CT molecular complexity index is 768. The molecular formula is C13H11N5O2. The van der Waals surface area contributed by atoms with Crippen LogP contribution in [0.4, 0.5) is 5.82 Å². The lowest BCUT2D eigenvalue weighted by Crippen LogP contribution is -1.91. The topological polar surface area (TPSA) is 107 Å². The van der Waals surface area contributed by atoms with Gasteiger partial charge in [-0.15, -0.1) is 0 Å². The molecule has 0 saturated carbocycles. The molecule has 1 aliphatic rings. The smallest absolute Gasteiger partial charge is 0.338 e. The summed E-state index contributed by atoms with van der Waals surface area (Å²) in [7, 11) is 0. The maximum absolute atomic E-state index is 10.8. The van der Waals surface area contributed by atoms with Crippen LogP contribution in [0.3, 0.4) is 0 Å². The number of rotatable bonds is 0. The van der Waals surface area contributed by atoms with E-state index in [1.165, 1.54) is 12.7 Å². The average Bonchev–Trinajstić information content (AvgIpc) is 3.08. The van der Waals surface area contributed by atoms with E-state index in [0.29, 0.717) is 29.2 Å². The third kappa shape index (κ3) is 2.16. The van der Waals surface area contributed by atoms with Crippen molar-refractivity contribution in [1.82, 2.24) is 19.9 Å². The molecule has 3 heterocycles. The number of benzene rings is 1. The molecule has 7 heteroatoms. The van der Waals surface area contributed by atoms with Crippen LogP contribution < -0.4 is 5.73 Å². The quantitative estimate of drug-likeness (QED) is 0.595. The van der Waals surface area contributed by atoms with Gasteiger partial charge in [0.25, 0.3) is 0 Å². The molecule has 2 aromatic heterocycles. The van der Waals surface area contributed by atoms with Crippen molar-refractivity contribution in [2.75, 3.05) is 5.73 Å². The predicted octanol–water partition coefficient (Wildman–Crippen LogP) is 1.29. The van der Waals surface area contributed by atoms with Crippen LogP contribution in [0, 0.1) is 0 Å². The number of hydrogen-bond acceptors (Lipinski definition) is 6. The number of carbonyl (C=O) groups excluding carboxylic acids is 1. The molecule has 100 valence electrons. The summed E-state index contributed by atoms with van der Waals surface area (Å²) < 4.78 is 4.78. The number of hydrogen-bond donors (Lipinski definition) is 2. The van der Waals surface area contributed by atoms with E-state index in [4.69, 9.17) is 10.5 Å². The summed E-state index contributed by atoms with van der Waals surface area (Å²) >= 11 is 0. The number of nitrogens with two attached hydrogens (primary N) is 1. The van der Waals surface area contributed by atoms with Crippen molar-refractivity contribution in [1.29, 1.82) is 0 Å². The molecule has 0 aliphatic carbocycles. The molecule has 1 aliphatic heterocycles. The number of H-pyrrole nitrogens is 1. The summed E-state index contributed by atoms with van der Waals surface area (Å²) in [6, 6.07) is 7.43. The molecule has 20 heavy (non-hydrogen) atoms. The number of fused-ring (bicyclic) bond motifs is 2. The standard InChI is InChI=1S/C8H6O2.C5H5N5/c9-8-7-4-2-1-3-6(7)5-10-8;6-4-3-5(9-1-7-3)10-2-8-4/h1-4H,5H2;1-2H,(H3,6,7,8,9,10). The van der Waals surface area contributed by atoms with Gasteiger partial charge in [-0.25, -0.2) is 19.7 Å². The molecule has 3 aromatic rings.